The molecule has 88 valence electrons. The summed E-state index contributed by atoms with van der Waals surface area (Å²) >= 11 is 0. The van der Waals surface area contributed by atoms with Crippen LogP contribution < -0.4 is 5.32 Å². The number of hydrogen-bond donors (Lipinski definition) is 5. The largest absolute Gasteiger partial charge is 0.394 e. The Balaban J connectivity index is 2.78. The first-order chi connectivity index (χ1) is 7.02. The number of aliphatic hydroxyl groups excluding tert-OH is 4. The summed E-state index contributed by atoms with van der Waals surface area (Å²) in [7, 11) is 1.35. The summed E-state index contributed by atoms with van der Waals surface area (Å²) in [6.45, 7) is -0.543. The Kier molecular flexibility index (Phi) is 4.00. The second-order valence-electron chi connectivity index (χ2n) is 3.36. The van der Waals surface area contributed by atoms with Gasteiger partial charge in [0.1, 0.15) is 24.4 Å². The van der Waals surface area contributed by atoms with Crippen LogP contribution >= 0.6 is 0 Å². The minimum absolute atomic E-state index is 0.543. The van der Waals surface area contributed by atoms with Crippen LogP contribution in [0, 0.1) is 0 Å². The van der Waals surface area contributed by atoms with Crippen molar-refractivity contribution in [3.05, 3.63) is 0 Å². The highest BCUT2D eigenvalue weighted by molar-refractivity contribution is 5.81. The number of carbonyl (C=O) groups excluding carboxylic acids is 1. The molecule has 1 heterocycles. The van der Waals surface area contributed by atoms with Crippen molar-refractivity contribution in [2.75, 3.05) is 13.7 Å². The molecule has 1 rings (SSSR count). The molecule has 1 aliphatic heterocycles. The zero-order valence-electron chi connectivity index (χ0n) is 8.20. The number of rotatable bonds is 2. The second kappa shape index (κ2) is 4.86. The predicted octanol–water partition coefficient (Wildman–Crippen LogP) is -3.43. The van der Waals surface area contributed by atoms with Crippen molar-refractivity contribution in [1.29, 1.82) is 0 Å². The number of aliphatic hydroxyl groups is 4. The van der Waals surface area contributed by atoms with Gasteiger partial charge < -0.3 is 30.5 Å². The molecule has 0 bridgehead atoms. The standard InChI is InChI=1S/C8H15NO6/c1-9-8(14)7-6(13)5(12)4(11)3(2-10)15-7/h3-7,10-13H,2H2,1H3,(H,9,14)/t3-,4-,5+,6-,7+/m1/s1. The highest BCUT2D eigenvalue weighted by atomic mass is 16.5. The molecule has 1 amide bonds. The van der Waals surface area contributed by atoms with Crippen molar-refractivity contribution in [1.82, 2.24) is 5.32 Å². The van der Waals surface area contributed by atoms with Gasteiger partial charge >= 0.3 is 0 Å². The molecule has 0 aromatic carbocycles. The van der Waals surface area contributed by atoms with Crippen LogP contribution in [0.2, 0.25) is 0 Å². The van der Waals surface area contributed by atoms with Gasteiger partial charge in [-0.1, -0.05) is 0 Å². The second-order valence-corrected chi connectivity index (χ2v) is 3.36. The fourth-order valence-electron chi connectivity index (χ4n) is 1.46. The van der Waals surface area contributed by atoms with E-state index in [1.54, 1.807) is 0 Å². The van der Waals surface area contributed by atoms with Crippen molar-refractivity contribution in [3.63, 3.8) is 0 Å². The van der Waals surface area contributed by atoms with Crippen molar-refractivity contribution >= 4 is 5.91 Å². The van der Waals surface area contributed by atoms with E-state index in [0.29, 0.717) is 0 Å². The third-order valence-electron chi connectivity index (χ3n) is 2.40. The van der Waals surface area contributed by atoms with Crippen LogP contribution in [0.25, 0.3) is 0 Å². The van der Waals surface area contributed by atoms with E-state index in [9.17, 15) is 20.1 Å². The molecule has 1 aliphatic rings. The zero-order chi connectivity index (χ0) is 11.6. The molecule has 0 saturated carbocycles. The summed E-state index contributed by atoms with van der Waals surface area (Å²) in [5.74, 6) is -0.619. The minimum atomic E-state index is -1.52. The van der Waals surface area contributed by atoms with E-state index >= 15 is 0 Å². The number of amides is 1. The fourth-order valence-corrected chi connectivity index (χ4v) is 1.46. The van der Waals surface area contributed by atoms with Crippen molar-refractivity contribution in [3.8, 4) is 0 Å². The van der Waals surface area contributed by atoms with Crippen LogP contribution in [0.4, 0.5) is 0 Å². The van der Waals surface area contributed by atoms with Crippen molar-refractivity contribution < 1.29 is 30.0 Å². The van der Waals surface area contributed by atoms with E-state index in [1.165, 1.54) is 7.05 Å². The smallest absolute Gasteiger partial charge is 0.251 e. The molecule has 5 atom stereocenters. The van der Waals surface area contributed by atoms with Gasteiger partial charge in [-0.05, 0) is 0 Å². The van der Waals surface area contributed by atoms with E-state index in [0.717, 1.165) is 0 Å². The lowest BCUT2D eigenvalue weighted by Crippen LogP contribution is -2.62. The summed E-state index contributed by atoms with van der Waals surface area (Å²) in [6.07, 6.45) is -6.80. The van der Waals surface area contributed by atoms with E-state index in [2.05, 4.69) is 5.32 Å². The number of ether oxygens (including phenoxy) is 1. The first-order valence-electron chi connectivity index (χ1n) is 4.55. The van der Waals surface area contributed by atoms with Gasteiger partial charge in [-0.25, -0.2) is 0 Å². The van der Waals surface area contributed by atoms with Crippen LogP contribution in [0.15, 0.2) is 0 Å². The molecule has 0 aromatic heterocycles. The average Bonchev–Trinajstić information content (AvgIpc) is 2.25. The highest BCUT2D eigenvalue weighted by Crippen LogP contribution is 2.20. The van der Waals surface area contributed by atoms with Gasteiger partial charge in [0, 0.05) is 7.05 Å². The molecule has 0 radical (unpaired) electrons. The molecule has 1 fully saturated rings. The van der Waals surface area contributed by atoms with Gasteiger partial charge in [0.2, 0.25) is 0 Å². The predicted molar refractivity (Wildman–Crippen MR) is 47.8 cm³/mol. The Hall–Kier alpha value is -0.730. The molecule has 7 heteroatoms. The van der Waals surface area contributed by atoms with Crippen LogP contribution in [0.5, 0.6) is 0 Å². The quantitative estimate of drug-likeness (QED) is 0.331. The van der Waals surface area contributed by atoms with Crippen LogP contribution in [-0.4, -0.2) is 70.5 Å². The molecular weight excluding hydrogens is 206 g/mol. The van der Waals surface area contributed by atoms with Crippen LogP contribution in [0.3, 0.4) is 0 Å². The monoisotopic (exact) mass is 221 g/mol. The third-order valence-corrected chi connectivity index (χ3v) is 2.40. The SMILES string of the molecule is CNC(=O)[C@H]1O[C@H](CO)[C@@H](O)[C@H](O)[C@H]1O. The van der Waals surface area contributed by atoms with Gasteiger partial charge in [0.25, 0.3) is 5.91 Å². The number of likely N-dealkylation sites (N-methyl/N-ethyl adjacent to an activating group) is 1. The van der Waals surface area contributed by atoms with Gasteiger partial charge in [0.15, 0.2) is 6.10 Å². The lowest BCUT2D eigenvalue weighted by molar-refractivity contribution is -0.226. The lowest BCUT2D eigenvalue weighted by Gasteiger charge is -2.38. The molecule has 5 N–H and O–H groups in total. The summed E-state index contributed by atoms with van der Waals surface area (Å²) < 4.78 is 4.96. The molecular formula is C8H15NO6. The Morgan fingerprint density at radius 2 is 1.87 bits per heavy atom. The van der Waals surface area contributed by atoms with Crippen LogP contribution in [-0.2, 0) is 9.53 Å². The Morgan fingerprint density at radius 1 is 1.27 bits per heavy atom. The van der Waals surface area contributed by atoms with Gasteiger partial charge in [-0.2, -0.15) is 0 Å². The molecule has 7 nitrogen and oxygen atoms in total. The number of nitrogens with one attached hydrogen (secondary N) is 1. The van der Waals surface area contributed by atoms with E-state index in [4.69, 9.17) is 9.84 Å². The Labute approximate surface area is 86.3 Å². The maximum absolute atomic E-state index is 11.2. The van der Waals surface area contributed by atoms with Crippen molar-refractivity contribution in [2.24, 2.45) is 0 Å². The topological polar surface area (TPSA) is 119 Å². The first kappa shape index (κ1) is 12.3. The van der Waals surface area contributed by atoms with E-state index < -0.39 is 43.0 Å². The molecule has 0 aliphatic carbocycles. The molecule has 0 spiro atoms. The summed E-state index contributed by atoms with van der Waals surface area (Å²) in [6, 6.07) is 0. The maximum atomic E-state index is 11.2. The molecule has 1 saturated heterocycles. The molecule has 0 unspecified atom stereocenters. The summed E-state index contributed by atoms with van der Waals surface area (Å²) in [4.78, 5) is 11.2. The zero-order valence-corrected chi connectivity index (χ0v) is 8.20. The van der Waals surface area contributed by atoms with E-state index in [1.807, 2.05) is 0 Å². The van der Waals surface area contributed by atoms with E-state index in [-0.39, 0.29) is 0 Å². The number of carbonyl (C=O) groups is 1. The Morgan fingerprint density at radius 3 is 2.33 bits per heavy atom. The molecule has 15 heavy (non-hydrogen) atoms. The van der Waals surface area contributed by atoms with Gasteiger partial charge in [-0.3, -0.25) is 4.79 Å². The molecule has 0 aromatic rings. The lowest BCUT2D eigenvalue weighted by atomic mass is 9.95. The fraction of sp³-hybridized carbons (Fsp3) is 0.875. The highest BCUT2D eigenvalue weighted by Gasteiger charge is 2.46. The van der Waals surface area contributed by atoms with Crippen molar-refractivity contribution in [2.45, 2.75) is 30.5 Å². The van der Waals surface area contributed by atoms with Gasteiger partial charge in [-0.15, -0.1) is 0 Å². The summed E-state index contributed by atoms with van der Waals surface area (Å²) in [5, 5.41) is 39.3. The summed E-state index contributed by atoms with van der Waals surface area (Å²) in [5.41, 5.74) is 0. The third kappa shape index (κ3) is 2.27. The van der Waals surface area contributed by atoms with Crippen LogP contribution in [0.1, 0.15) is 0 Å². The first-order valence-corrected chi connectivity index (χ1v) is 4.55. The number of hydrogen-bond acceptors (Lipinski definition) is 6. The average molecular weight is 221 g/mol. The maximum Gasteiger partial charge on any atom is 0.251 e. The van der Waals surface area contributed by atoms with Gasteiger partial charge in [0.05, 0.1) is 6.61 Å². The minimum Gasteiger partial charge on any atom is -0.394 e. The normalized spacial score (nSPS) is 41.3. The Bertz CT molecular complexity index is 233.